The van der Waals surface area contributed by atoms with Gasteiger partial charge in [0, 0.05) is 0 Å². The maximum atomic E-state index is 12.4. The molecule has 0 bridgehead atoms. The lowest BCUT2D eigenvalue weighted by molar-refractivity contribution is -0.115. The molecular weight excluding hydrogens is 416 g/mol. The molecule has 1 N–H and O–H groups in total. The second-order valence-corrected chi connectivity index (χ2v) is 7.63. The highest BCUT2D eigenvalue weighted by atomic mass is 32.2. The highest BCUT2D eigenvalue weighted by Crippen LogP contribution is 2.33. The van der Waals surface area contributed by atoms with E-state index in [0.717, 1.165) is 18.4 Å². The molecule has 1 amide bonds. The van der Waals surface area contributed by atoms with Gasteiger partial charge in [0.2, 0.25) is 0 Å². The summed E-state index contributed by atoms with van der Waals surface area (Å²) in [5, 5.41) is 3.12. The fraction of sp³-hybridized carbons (Fsp3) is 0.261. The van der Waals surface area contributed by atoms with Crippen molar-refractivity contribution in [1.82, 2.24) is 5.32 Å². The Bertz CT molecular complexity index is 1030. The normalized spacial score (nSPS) is 15.8. The Morgan fingerprint density at radius 3 is 2.71 bits per heavy atom. The predicted octanol–water partition coefficient (Wildman–Crippen LogP) is 4.55. The lowest BCUT2D eigenvalue weighted by atomic mass is 10.2. The van der Waals surface area contributed by atoms with Crippen molar-refractivity contribution in [2.24, 2.45) is 4.99 Å². The van der Waals surface area contributed by atoms with E-state index in [1.54, 1.807) is 37.5 Å². The van der Waals surface area contributed by atoms with Crippen molar-refractivity contribution in [3.8, 4) is 11.5 Å². The first kappa shape index (κ1) is 22.4. The Labute approximate surface area is 185 Å². The molecule has 0 saturated carbocycles. The number of carbonyl (C=O) groups is 2. The van der Waals surface area contributed by atoms with E-state index in [-0.39, 0.29) is 5.91 Å². The molecule has 1 fully saturated rings. The zero-order valence-corrected chi connectivity index (χ0v) is 18.5. The third-order valence-electron chi connectivity index (χ3n) is 4.42. The van der Waals surface area contributed by atoms with Crippen LogP contribution in [0.3, 0.4) is 0 Å². The smallest absolute Gasteiger partial charge is 0.340 e. The number of rotatable bonds is 8. The number of hydrogen-bond donors (Lipinski definition) is 1. The highest BCUT2D eigenvalue weighted by molar-refractivity contribution is 8.18. The summed E-state index contributed by atoms with van der Waals surface area (Å²) in [6.07, 6.45) is 3.77. The van der Waals surface area contributed by atoms with E-state index in [9.17, 15) is 9.59 Å². The van der Waals surface area contributed by atoms with Gasteiger partial charge < -0.3 is 19.5 Å². The first-order valence-electron chi connectivity index (χ1n) is 9.83. The van der Waals surface area contributed by atoms with E-state index < -0.39 is 5.97 Å². The molecule has 7 nitrogen and oxygen atoms in total. The first-order chi connectivity index (χ1) is 15.0. The number of amidine groups is 1. The van der Waals surface area contributed by atoms with Crippen molar-refractivity contribution >= 4 is 40.6 Å². The van der Waals surface area contributed by atoms with Crippen molar-refractivity contribution in [2.45, 2.75) is 19.8 Å². The number of para-hydroxylation sites is 1. The number of benzene rings is 2. The van der Waals surface area contributed by atoms with Crippen molar-refractivity contribution in [1.29, 1.82) is 0 Å². The van der Waals surface area contributed by atoms with E-state index >= 15 is 0 Å². The summed E-state index contributed by atoms with van der Waals surface area (Å²) < 4.78 is 16.0. The van der Waals surface area contributed by atoms with Gasteiger partial charge in [-0.3, -0.25) is 4.79 Å². The number of carbonyl (C=O) groups excluding carboxylic acids is 2. The number of thioether (sulfide) groups is 1. The molecule has 1 heterocycles. The monoisotopic (exact) mass is 440 g/mol. The maximum Gasteiger partial charge on any atom is 0.340 e. The average molecular weight is 441 g/mol. The van der Waals surface area contributed by atoms with Crippen molar-refractivity contribution in [3.05, 3.63) is 58.5 Å². The number of ether oxygens (including phenoxy) is 3. The van der Waals surface area contributed by atoms with Crippen molar-refractivity contribution in [3.63, 3.8) is 0 Å². The second-order valence-electron chi connectivity index (χ2n) is 6.60. The molecular formula is C23H24N2O5S. The van der Waals surface area contributed by atoms with E-state index in [4.69, 9.17) is 14.2 Å². The summed E-state index contributed by atoms with van der Waals surface area (Å²) in [6, 6.07) is 12.3. The van der Waals surface area contributed by atoms with Gasteiger partial charge in [0.05, 0.1) is 37.0 Å². The molecule has 0 radical (unpaired) electrons. The molecule has 1 aliphatic heterocycles. The summed E-state index contributed by atoms with van der Waals surface area (Å²) in [5.74, 6) is 0.526. The molecule has 31 heavy (non-hydrogen) atoms. The molecule has 0 aliphatic carbocycles. The Balaban J connectivity index is 1.80. The summed E-state index contributed by atoms with van der Waals surface area (Å²) >= 11 is 1.20. The van der Waals surface area contributed by atoms with Gasteiger partial charge in [-0.1, -0.05) is 31.5 Å². The van der Waals surface area contributed by atoms with Crippen LogP contribution in [0.4, 0.5) is 5.69 Å². The fourth-order valence-electron chi connectivity index (χ4n) is 2.81. The van der Waals surface area contributed by atoms with E-state index in [1.807, 2.05) is 18.2 Å². The number of esters is 1. The number of nitrogens with zero attached hydrogens (tertiary/aromatic N) is 1. The van der Waals surface area contributed by atoms with Gasteiger partial charge in [0.15, 0.2) is 16.7 Å². The Hall–Kier alpha value is -3.26. The Morgan fingerprint density at radius 1 is 1.16 bits per heavy atom. The lowest BCUT2D eigenvalue weighted by Crippen LogP contribution is -2.19. The molecule has 0 unspecified atom stereocenters. The van der Waals surface area contributed by atoms with Crippen molar-refractivity contribution in [2.75, 3.05) is 20.8 Å². The number of nitrogens with one attached hydrogen (secondary N) is 1. The number of unbranched alkanes of at least 4 members (excludes halogenated alkanes) is 1. The third kappa shape index (κ3) is 5.67. The van der Waals surface area contributed by atoms with E-state index in [1.165, 1.54) is 18.9 Å². The molecule has 1 saturated heterocycles. The van der Waals surface area contributed by atoms with Crippen LogP contribution in [0, 0.1) is 0 Å². The minimum atomic E-state index is -0.488. The fourth-order valence-corrected chi connectivity index (χ4v) is 3.65. The number of hydrogen-bond acceptors (Lipinski definition) is 7. The summed E-state index contributed by atoms with van der Waals surface area (Å²) in [4.78, 5) is 29.3. The van der Waals surface area contributed by atoms with Crippen LogP contribution < -0.4 is 14.8 Å². The standard InChI is InChI=1S/C23H24N2O5S/c1-4-5-12-30-18-11-10-15(13-19(18)28-2)14-20-21(26)25-23(31-20)24-17-9-7-6-8-16(17)22(27)29-3/h6-11,13-14H,4-5,12H2,1-3H3,(H,24,25,26)/b20-14-. The summed E-state index contributed by atoms with van der Waals surface area (Å²) in [5.41, 5.74) is 1.55. The summed E-state index contributed by atoms with van der Waals surface area (Å²) in [6.45, 7) is 2.73. The van der Waals surface area contributed by atoms with E-state index in [0.29, 0.717) is 39.4 Å². The van der Waals surface area contributed by atoms with Crippen LogP contribution in [0.15, 0.2) is 52.4 Å². The van der Waals surface area contributed by atoms with Gasteiger partial charge in [-0.25, -0.2) is 9.79 Å². The first-order valence-corrected chi connectivity index (χ1v) is 10.6. The molecule has 2 aromatic rings. The van der Waals surface area contributed by atoms with Gasteiger partial charge in [0.25, 0.3) is 5.91 Å². The molecule has 0 atom stereocenters. The molecule has 2 aromatic carbocycles. The summed E-state index contributed by atoms with van der Waals surface area (Å²) in [7, 11) is 2.90. The van der Waals surface area contributed by atoms with Crippen LogP contribution in [0.25, 0.3) is 6.08 Å². The quantitative estimate of drug-likeness (QED) is 0.368. The largest absolute Gasteiger partial charge is 0.493 e. The molecule has 3 rings (SSSR count). The molecule has 1 aliphatic rings. The van der Waals surface area contributed by atoms with Gasteiger partial charge in [-0.15, -0.1) is 0 Å². The zero-order chi connectivity index (χ0) is 22.2. The second kappa shape index (κ2) is 10.7. The molecule has 162 valence electrons. The third-order valence-corrected chi connectivity index (χ3v) is 5.33. The molecule has 0 spiro atoms. The zero-order valence-electron chi connectivity index (χ0n) is 17.6. The minimum absolute atomic E-state index is 0.262. The van der Waals surface area contributed by atoms with E-state index in [2.05, 4.69) is 17.2 Å². The Morgan fingerprint density at radius 2 is 1.97 bits per heavy atom. The van der Waals surface area contributed by atoms with Crippen molar-refractivity contribution < 1.29 is 23.8 Å². The van der Waals surface area contributed by atoms with Gasteiger partial charge >= 0.3 is 5.97 Å². The van der Waals surface area contributed by atoms with Crippen LogP contribution in [0.2, 0.25) is 0 Å². The van der Waals surface area contributed by atoms with Crippen LogP contribution in [0.5, 0.6) is 11.5 Å². The van der Waals surface area contributed by atoms with Gasteiger partial charge in [-0.2, -0.15) is 0 Å². The molecule has 8 heteroatoms. The van der Waals surface area contributed by atoms with Gasteiger partial charge in [-0.05, 0) is 54.1 Å². The highest BCUT2D eigenvalue weighted by Gasteiger charge is 2.24. The number of aliphatic imine (C=N–C) groups is 1. The average Bonchev–Trinajstić information content (AvgIpc) is 3.12. The van der Waals surface area contributed by atoms with Crippen LogP contribution in [0.1, 0.15) is 35.7 Å². The lowest BCUT2D eigenvalue weighted by Gasteiger charge is -2.11. The predicted molar refractivity (Wildman–Crippen MR) is 122 cm³/mol. The Kier molecular flexibility index (Phi) is 7.72. The minimum Gasteiger partial charge on any atom is -0.493 e. The number of methoxy groups -OCH3 is 2. The topological polar surface area (TPSA) is 86.2 Å². The van der Waals surface area contributed by atoms with Crippen LogP contribution >= 0.6 is 11.8 Å². The SMILES string of the molecule is CCCCOc1ccc(/C=C2\SC(=Nc3ccccc3C(=O)OC)NC2=O)cc1OC. The number of amides is 1. The molecule has 0 aromatic heterocycles. The maximum absolute atomic E-state index is 12.4. The van der Waals surface area contributed by atoms with Crippen LogP contribution in [-0.2, 0) is 9.53 Å². The van der Waals surface area contributed by atoms with Gasteiger partial charge in [0.1, 0.15) is 0 Å². The van der Waals surface area contributed by atoms with Crippen LogP contribution in [-0.4, -0.2) is 37.9 Å².